The van der Waals surface area contributed by atoms with Gasteiger partial charge in [0.05, 0.1) is 0 Å². The first-order valence-corrected chi connectivity index (χ1v) is 6.43. The van der Waals surface area contributed by atoms with Crippen molar-refractivity contribution in [1.29, 1.82) is 0 Å². The van der Waals surface area contributed by atoms with E-state index in [-0.39, 0.29) is 5.92 Å². The van der Waals surface area contributed by atoms with Gasteiger partial charge in [0, 0.05) is 11.6 Å². The molecule has 1 unspecified atom stereocenters. The normalized spacial score (nSPS) is 21.8. The molecule has 0 saturated carbocycles. The minimum atomic E-state index is -0.468. The highest BCUT2D eigenvalue weighted by Crippen LogP contribution is 2.15. The van der Waals surface area contributed by atoms with Gasteiger partial charge in [-0.3, -0.25) is 0 Å². The highest BCUT2D eigenvalue weighted by Gasteiger charge is 2.09. The molecule has 0 spiro atoms. The van der Waals surface area contributed by atoms with E-state index in [2.05, 4.69) is 27.8 Å². The standard InChI is InChI=1S/C15H18FN3/c1-2-4-13(5-3-9-16)18-14-7-6-12-8-10-17-15(11-12)19-14/h3-8,10-12,17H,2,9H2,1H3,(H,18,19)/b5-3-,13-4+. The lowest BCUT2D eigenvalue weighted by atomic mass is 10.1. The molecule has 4 heteroatoms. The molecular weight excluding hydrogens is 241 g/mol. The Morgan fingerprint density at radius 3 is 3.21 bits per heavy atom. The van der Waals surface area contributed by atoms with Crippen LogP contribution in [0.25, 0.3) is 0 Å². The zero-order valence-electron chi connectivity index (χ0n) is 10.9. The van der Waals surface area contributed by atoms with E-state index >= 15 is 0 Å². The van der Waals surface area contributed by atoms with Crippen molar-refractivity contribution in [2.75, 3.05) is 6.67 Å². The number of dihydropyridines is 1. The summed E-state index contributed by atoms with van der Waals surface area (Å²) in [6.45, 7) is 1.57. The van der Waals surface area contributed by atoms with Gasteiger partial charge >= 0.3 is 0 Å². The molecular formula is C15H18FN3. The number of nitrogens with zero attached hydrogens (tertiary/aromatic N) is 1. The molecule has 0 saturated heterocycles. The van der Waals surface area contributed by atoms with Gasteiger partial charge in [-0.1, -0.05) is 31.2 Å². The maximum Gasteiger partial charge on any atom is 0.132 e. The second-order valence-electron chi connectivity index (χ2n) is 4.24. The molecule has 0 radical (unpaired) electrons. The highest BCUT2D eigenvalue weighted by molar-refractivity contribution is 5.95. The van der Waals surface area contributed by atoms with Crippen LogP contribution in [0.5, 0.6) is 0 Å². The molecule has 2 rings (SSSR count). The minimum Gasteiger partial charge on any atom is -0.347 e. The van der Waals surface area contributed by atoms with Gasteiger partial charge in [0.25, 0.3) is 0 Å². The number of hydrogen-bond acceptors (Lipinski definition) is 3. The molecule has 100 valence electrons. The summed E-state index contributed by atoms with van der Waals surface area (Å²) in [5.41, 5.74) is 0.855. The Labute approximate surface area is 113 Å². The second-order valence-corrected chi connectivity index (χ2v) is 4.24. The zero-order valence-corrected chi connectivity index (χ0v) is 10.9. The number of aliphatic imine (C=N–C) groups is 1. The number of halogens is 1. The molecule has 1 atom stereocenters. The Kier molecular flexibility index (Phi) is 4.72. The van der Waals surface area contributed by atoms with Gasteiger partial charge in [0.2, 0.25) is 0 Å². The summed E-state index contributed by atoms with van der Waals surface area (Å²) in [6, 6.07) is 0. The first-order valence-electron chi connectivity index (χ1n) is 6.43. The van der Waals surface area contributed by atoms with Crippen molar-refractivity contribution >= 4 is 5.84 Å². The van der Waals surface area contributed by atoms with E-state index in [1.54, 1.807) is 6.08 Å². The number of fused-ring (bicyclic) bond motifs is 1. The molecule has 0 fully saturated rings. The molecule has 0 aromatic carbocycles. The first-order chi connectivity index (χ1) is 9.31. The van der Waals surface area contributed by atoms with Crippen LogP contribution in [0.4, 0.5) is 4.39 Å². The molecule has 0 aromatic heterocycles. The molecule has 0 aromatic rings. The van der Waals surface area contributed by atoms with Crippen molar-refractivity contribution in [3.05, 3.63) is 60.3 Å². The Morgan fingerprint density at radius 1 is 1.53 bits per heavy atom. The van der Waals surface area contributed by atoms with Crippen molar-refractivity contribution in [2.24, 2.45) is 10.9 Å². The number of rotatable bonds is 4. The van der Waals surface area contributed by atoms with Gasteiger partial charge in [-0.2, -0.15) is 0 Å². The molecule has 2 N–H and O–H groups in total. The Morgan fingerprint density at radius 2 is 2.42 bits per heavy atom. The Hall–Kier alpha value is -2.10. The van der Waals surface area contributed by atoms with E-state index in [9.17, 15) is 4.39 Å². The maximum atomic E-state index is 12.2. The van der Waals surface area contributed by atoms with Gasteiger partial charge in [-0.25, -0.2) is 9.38 Å². The number of hydrogen-bond donors (Lipinski definition) is 2. The largest absolute Gasteiger partial charge is 0.347 e. The van der Waals surface area contributed by atoms with Gasteiger partial charge in [0.15, 0.2) is 0 Å². The van der Waals surface area contributed by atoms with Crippen LogP contribution in [0.2, 0.25) is 0 Å². The first kappa shape index (κ1) is 13.3. The van der Waals surface area contributed by atoms with Crippen LogP contribution < -0.4 is 10.6 Å². The third-order valence-corrected chi connectivity index (χ3v) is 2.70. The number of alkyl halides is 1. The van der Waals surface area contributed by atoms with Gasteiger partial charge in [0.1, 0.15) is 18.3 Å². The van der Waals surface area contributed by atoms with Crippen LogP contribution in [0.3, 0.4) is 0 Å². The molecule has 0 amide bonds. The fourth-order valence-electron chi connectivity index (χ4n) is 1.86. The smallest absolute Gasteiger partial charge is 0.132 e. The molecule has 2 aliphatic rings. The van der Waals surface area contributed by atoms with E-state index in [0.717, 1.165) is 23.8 Å². The number of amidine groups is 1. The van der Waals surface area contributed by atoms with Crippen molar-refractivity contribution in [3.63, 3.8) is 0 Å². The third-order valence-electron chi connectivity index (χ3n) is 2.70. The summed E-state index contributed by atoms with van der Waals surface area (Å²) in [6.07, 6.45) is 16.1. The number of nitrogens with one attached hydrogen (secondary N) is 2. The second kappa shape index (κ2) is 6.73. The third kappa shape index (κ3) is 3.95. The van der Waals surface area contributed by atoms with Crippen LogP contribution in [-0.2, 0) is 0 Å². The van der Waals surface area contributed by atoms with Crippen LogP contribution in [0.15, 0.2) is 65.2 Å². The maximum absolute atomic E-state index is 12.2. The van der Waals surface area contributed by atoms with Gasteiger partial charge in [-0.15, -0.1) is 0 Å². The fourth-order valence-corrected chi connectivity index (χ4v) is 1.86. The minimum absolute atomic E-state index is 0.277. The molecule has 3 nitrogen and oxygen atoms in total. The molecule has 2 aliphatic heterocycles. The lowest BCUT2D eigenvalue weighted by molar-refractivity contribution is 0.561. The molecule has 0 aliphatic carbocycles. The predicted molar refractivity (Wildman–Crippen MR) is 77.0 cm³/mol. The lowest BCUT2D eigenvalue weighted by Gasteiger charge is -2.10. The highest BCUT2D eigenvalue weighted by atomic mass is 19.1. The van der Waals surface area contributed by atoms with E-state index < -0.39 is 6.67 Å². The summed E-state index contributed by atoms with van der Waals surface area (Å²) in [7, 11) is 0. The van der Waals surface area contributed by atoms with E-state index in [1.165, 1.54) is 6.08 Å². The average Bonchev–Trinajstić information content (AvgIpc) is 2.55. The van der Waals surface area contributed by atoms with Crippen molar-refractivity contribution in [1.82, 2.24) is 10.6 Å². The topological polar surface area (TPSA) is 36.4 Å². The van der Waals surface area contributed by atoms with E-state index in [0.29, 0.717) is 0 Å². The molecule has 2 heterocycles. The van der Waals surface area contributed by atoms with E-state index in [1.807, 2.05) is 31.4 Å². The summed E-state index contributed by atoms with van der Waals surface area (Å²) >= 11 is 0. The Balaban J connectivity index is 2.11. The fraction of sp³-hybridized carbons (Fsp3) is 0.267. The molecule has 2 bridgehead atoms. The van der Waals surface area contributed by atoms with Crippen molar-refractivity contribution in [3.8, 4) is 0 Å². The monoisotopic (exact) mass is 259 g/mol. The van der Waals surface area contributed by atoms with Crippen molar-refractivity contribution < 1.29 is 4.39 Å². The number of allylic oxidation sites excluding steroid dienone is 6. The van der Waals surface area contributed by atoms with Gasteiger partial charge < -0.3 is 10.6 Å². The zero-order chi connectivity index (χ0) is 13.5. The summed E-state index contributed by atoms with van der Waals surface area (Å²) in [4.78, 5) is 4.47. The Bertz CT molecular complexity index is 496. The quantitative estimate of drug-likeness (QED) is 0.762. The summed E-state index contributed by atoms with van der Waals surface area (Å²) in [5.74, 6) is 1.85. The van der Waals surface area contributed by atoms with Gasteiger partial charge in [-0.05, 0) is 30.8 Å². The van der Waals surface area contributed by atoms with Crippen LogP contribution >= 0.6 is 0 Å². The average molecular weight is 259 g/mol. The summed E-state index contributed by atoms with van der Waals surface area (Å²) < 4.78 is 12.2. The summed E-state index contributed by atoms with van der Waals surface area (Å²) in [5, 5.41) is 6.29. The van der Waals surface area contributed by atoms with Crippen molar-refractivity contribution in [2.45, 2.75) is 13.3 Å². The molecule has 19 heavy (non-hydrogen) atoms. The van der Waals surface area contributed by atoms with Crippen LogP contribution in [0, 0.1) is 5.92 Å². The predicted octanol–water partition coefficient (Wildman–Crippen LogP) is 2.94. The SMILES string of the molecule is CC/C=C(\C=C/CF)NC1=NC2=CC(C=CN2)C=C1. The van der Waals surface area contributed by atoms with Crippen LogP contribution in [0.1, 0.15) is 13.3 Å². The van der Waals surface area contributed by atoms with Crippen LogP contribution in [-0.4, -0.2) is 12.5 Å². The lowest BCUT2D eigenvalue weighted by Crippen LogP contribution is -2.21. The van der Waals surface area contributed by atoms with E-state index in [4.69, 9.17) is 0 Å².